The number of nitrogens with zero attached hydrogens (tertiary/aromatic N) is 2. The zero-order valence-corrected chi connectivity index (χ0v) is 13.5. The van der Waals surface area contributed by atoms with Gasteiger partial charge in [-0.2, -0.15) is 0 Å². The number of hydrogen-bond acceptors (Lipinski definition) is 3. The van der Waals surface area contributed by atoms with Gasteiger partial charge < -0.3 is 9.88 Å². The summed E-state index contributed by atoms with van der Waals surface area (Å²) in [6, 6.07) is 11.3. The summed E-state index contributed by atoms with van der Waals surface area (Å²) in [5.74, 6) is -0.117. The fourth-order valence-electron chi connectivity index (χ4n) is 2.07. The van der Waals surface area contributed by atoms with Crippen molar-refractivity contribution in [2.24, 2.45) is 0 Å². The van der Waals surface area contributed by atoms with E-state index in [4.69, 9.17) is 11.6 Å². The number of benzene rings is 1. The van der Waals surface area contributed by atoms with Crippen LogP contribution in [0.5, 0.6) is 0 Å². The number of amides is 1. The van der Waals surface area contributed by atoms with E-state index < -0.39 is 0 Å². The highest BCUT2D eigenvalue weighted by Crippen LogP contribution is 2.21. The molecule has 2 heterocycles. The van der Waals surface area contributed by atoms with Gasteiger partial charge in [0.25, 0.3) is 5.91 Å². The van der Waals surface area contributed by atoms with Crippen LogP contribution in [0.4, 0.5) is 0 Å². The molecule has 3 rings (SSSR count). The molecular formula is C16H14ClN3OS. The second-order valence-electron chi connectivity index (χ2n) is 4.81. The van der Waals surface area contributed by atoms with Crippen LogP contribution in [0.1, 0.15) is 20.9 Å². The Hall–Kier alpha value is -2.11. The zero-order valence-electron chi connectivity index (χ0n) is 11.9. The minimum Gasteiger partial charge on any atom is -0.347 e. The van der Waals surface area contributed by atoms with Gasteiger partial charge in [-0.25, -0.2) is 4.98 Å². The van der Waals surface area contributed by atoms with Gasteiger partial charge in [0.1, 0.15) is 4.88 Å². The third-order valence-corrected chi connectivity index (χ3v) is 4.56. The number of rotatable bonds is 4. The Morgan fingerprint density at radius 3 is 2.82 bits per heavy atom. The average molecular weight is 332 g/mol. The number of aryl methyl sites for hydroxylation is 1. The van der Waals surface area contributed by atoms with E-state index in [1.165, 1.54) is 11.3 Å². The molecule has 0 bridgehead atoms. The van der Waals surface area contributed by atoms with Crippen LogP contribution in [0.3, 0.4) is 0 Å². The maximum atomic E-state index is 12.3. The van der Waals surface area contributed by atoms with Crippen molar-refractivity contribution in [1.82, 2.24) is 14.9 Å². The standard InChI is InChI=1S/C16H14ClN3OS/c1-11-14(22-16(19-11)20-7-2-3-8-20)15(21)18-10-12-5-4-6-13(17)9-12/h2-9H,10H2,1H3,(H,18,21). The molecule has 0 saturated carbocycles. The molecule has 3 aromatic rings. The van der Waals surface area contributed by atoms with Gasteiger partial charge in [-0.15, -0.1) is 0 Å². The summed E-state index contributed by atoms with van der Waals surface area (Å²) in [7, 11) is 0. The molecule has 0 saturated heterocycles. The summed E-state index contributed by atoms with van der Waals surface area (Å²) in [5, 5.41) is 4.36. The van der Waals surface area contributed by atoms with Crippen LogP contribution in [-0.2, 0) is 6.54 Å². The van der Waals surface area contributed by atoms with Crippen molar-refractivity contribution in [3.8, 4) is 5.13 Å². The Bertz CT molecular complexity index is 796. The Balaban J connectivity index is 1.72. The molecule has 0 atom stereocenters. The number of nitrogens with one attached hydrogen (secondary N) is 1. The van der Waals surface area contributed by atoms with Crippen molar-refractivity contribution in [3.05, 3.63) is 69.9 Å². The van der Waals surface area contributed by atoms with Gasteiger partial charge in [-0.05, 0) is 36.8 Å². The van der Waals surface area contributed by atoms with E-state index in [2.05, 4.69) is 10.3 Å². The largest absolute Gasteiger partial charge is 0.347 e. The molecule has 4 nitrogen and oxygen atoms in total. The first-order valence-electron chi connectivity index (χ1n) is 6.77. The molecule has 0 fully saturated rings. The summed E-state index contributed by atoms with van der Waals surface area (Å²) in [6.45, 7) is 2.29. The topological polar surface area (TPSA) is 46.9 Å². The lowest BCUT2D eigenvalue weighted by molar-refractivity contribution is 0.0954. The van der Waals surface area contributed by atoms with Crippen molar-refractivity contribution < 1.29 is 4.79 Å². The summed E-state index contributed by atoms with van der Waals surface area (Å²) in [4.78, 5) is 17.4. The molecule has 1 N–H and O–H groups in total. The second-order valence-corrected chi connectivity index (χ2v) is 6.23. The average Bonchev–Trinajstić information content (AvgIpc) is 3.14. The maximum Gasteiger partial charge on any atom is 0.263 e. The summed E-state index contributed by atoms with van der Waals surface area (Å²) >= 11 is 7.32. The predicted molar refractivity (Wildman–Crippen MR) is 88.8 cm³/mol. The van der Waals surface area contributed by atoms with Gasteiger partial charge in [-0.3, -0.25) is 4.79 Å². The zero-order chi connectivity index (χ0) is 15.5. The van der Waals surface area contributed by atoms with Crippen molar-refractivity contribution in [2.75, 3.05) is 0 Å². The van der Waals surface area contributed by atoms with Crippen LogP contribution in [0, 0.1) is 6.92 Å². The molecule has 0 radical (unpaired) electrons. The van der Waals surface area contributed by atoms with Gasteiger partial charge >= 0.3 is 0 Å². The quantitative estimate of drug-likeness (QED) is 0.790. The maximum absolute atomic E-state index is 12.3. The van der Waals surface area contributed by atoms with E-state index in [0.717, 1.165) is 16.4 Å². The van der Waals surface area contributed by atoms with Crippen LogP contribution >= 0.6 is 22.9 Å². The highest BCUT2D eigenvalue weighted by Gasteiger charge is 2.15. The molecule has 22 heavy (non-hydrogen) atoms. The van der Waals surface area contributed by atoms with E-state index >= 15 is 0 Å². The minimum atomic E-state index is -0.117. The van der Waals surface area contributed by atoms with Crippen LogP contribution in [0.15, 0.2) is 48.8 Å². The molecule has 0 unspecified atom stereocenters. The number of carbonyl (C=O) groups excluding carboxylic acids is 1. The molecule has 0 aliphatic rings. The Labute approximate surface area is 137 Å². The third kappa shape index (κ3) is 3.21. The predicted octanol–water partition coefficient (Wildman–Crippen LogP) is 3.83. The Kier molecular flexibility index (Phi) is 4.27. The van der Waals surface area contributed by atoms with E-state index in [1.54, 1.807) is 0 Å². The van der Waals surface area contributed by atoms with Gasteiger partial charge in [0.2, 0.25) is 0 Å². The van der Waals surface area contributed by atoms with Gasteiger partial charge in [0.05, 0.1) is 5.69 Å². The Morgan fingerprint density at radius 2 is 2.09 bits per heavy atom. The molecule has 0 aliphatic carbocycles. The summed E-state index contributed by atoms with van der Waals surface area (Å²) in [5.41, 5.74) is 1.70. The molecule has 6 heteroatoms. The fraction of sp³-hybridized carbons (Fsp3) is 0.125. The van der Waals surface area contributed by atoms with E-state index in [0.29, 0.717) is 16.4 Å². The first-order valence-corrected chi connectivity index (χ1v) is 7.96. The van der Waals surface area contributed by atoms with Crippen molar-refractivity contribution >= 4 is 28.8 Å². The lowest BCUT2D eigenvalue weighted by Crippen LogP contribution is -2.22. The van der Waals surface area contributed by atoms with E-state index in [9.17, 15) is 4.79 Å². The highest BCUT2D eigenvalue weighted by atomic mass is 35.5. The number of hydrogen-bond donors (Lipinski definition) is 1. The van der Waals surface area contributed by atoms with Crippen LogP contribution < -0.4 is 5.32 Å². The molecule has 1 aromatic carbocycles. The molecule has 0 spiro atoms. The third-order valence-electron chi connectivity index (χ3n) is 3.16. The van der Waals surface area contributed by atoms with E-state index in [-0.39, 0.29) is 5.91 Å². The molecular weight excluding hydrogens is 318 g/mol. The molecule has 0 aliphatic heterocycles. The molecule has 2 aromatic heterocycles. The number of halogens is 1. The molecule has 112 valence electrons. The highest BCUT2D eigenvalue weighted by molar-refractivity contribution is 7.16. The minimum absolute atomic E-state index is 0.117. The van der Waals surface area contributed by atoms with Crippen LogP contribution in [0.25, 0.3) is 5.13 Å². The SMILES string of the molecule is Cc1nc(-n2cccc2)sc1C(=O)NCc1cccc(Cl)c1. The Morgan fingerprint density at radius 1 is 1.32 bits per heavy atom. The summed E-state index contributed by atoms with van der Waals surface area (Å²) in [6.07, 6.45) is 3.82. The smallest absolute Gasteiger partial charge is 0.263 e. The second kappa shape index (κ2) is 6.34. The first-order chi connectivity index (χ1) is 10.6. The number of carbonyl (C=O) groups is 1. The van der Waals surface area contributed by atoms with Crippen molar-refractivity contribution in [1.29, 1.82) is 0 Å². The van der Waals surface area contributed by atoms with Gasteiger partial charge in [0, 0.05) is 24.0 Å². The van der Waals surface area contributed by atoms with E-state index in [1.807, 2.05) is 60.3 Å². The normalized spacial score (nSPS) is 10.6. The first kappa shape index (κ1) is 14.8. The lowest BCUT2D eigenvalue weighted by Gasteiger charge is -2.04. The summed E-state index contributed by atoms with van der Waals surface area (Å²) < 4.78 is 1.89. The lowest BCUT2D eigenvalue weighted by atomic mass is 10.2. The number of aromatic nitrogens is 2. The van der Waals surface area contributed by atoms with Crippen LogP contribution in [0.2, 0.25) is 5.02 Å². The van der Waals surface area contributed by atoms with Gasteiger partial charge in [0.15, 0.2) is 5.13 Å². The van der Waals surface area contributed by atoms with Gasteiger partial charge in [-0.1, -0.05) is 35.1 Å². The monoisotopic (exact) mass is 331 g/mol. The molecule has 1 amide bonds. The van der Waals surface area contributed by atoms with Crippen molar-refractivity contribution in [3.63, 3.8) is 0 Å². The van der Waals surface area contributed by atoms with Crippen molar-refractivity contribution in [2.45, 2.75) is 13.5 Å². The number of thiazole rings is 1. The fourth-order valence-corrected chi connectivity index (χ4v) is 3.24. The van der Waals surface area contributed by atoms with Crippen LogP contribution in [-0.4, -0.2) is 15.5 Å².